The molecule has 1 aromatic rings. The molecular formula is C14H20O2S. The highest BCUT2D eigenvalue weighted by Crippen LogP contribution is 2.36. The predicted octanol–water partition coefficient (Wildman–Crippen LogP) is 3.66. The molecule has 0 saturated carbocycles. The Morgan fingerprint density at radius 1 is 1.18 bits per heavy atom. The summed E-state index contributed by atoms with van der Waals surface area (Å²) >= 11 is 1.55. The van der Waals surface area contributed by atoms with Crippen LogP contribution in [-0.4, -0.2) is 17.8 Å². The molecule has 0 atom stereocenters. The van der Waals surface area contributed by atoms with Crippen LogP contribution in [0.2, 0.25) is 0 Å². The quantitative estimate of drug-likeness (QED) is 0.606. The number of ether oxygens (including phenoxy) is 1. The van der Waals surface area contributed by atoms with Crippen LogP contribution in [0.25, 0.3) is 0 Å². The highest BCUT2D eigenvalue weighted by molar-refractivity contribution is 8.01. The van der Waals surface area contributed by atoms with Gasteiger partial charge in [0.15, 0.2) is 0 Å². The van der Waals surface area contributed by atoms with Crippen molar-refractivity contribution < 1.29 is 9.53 Å². The second-order valence-electron chi connectivity index (χ2n) is 4.73. The van der Waals surface area contributed by atoms with Gasteiger partial charge < -0.3 is 4.74 Å². The normalized spacial score (nSPS) is 11.4. The van der Waals surface area contributed by atoms with Gasteiger partial charge in [-0.25, -0.2) is 0 Å². The molecule has 0 saturated heterocycles. The molecule has 0 radical (unpaired) electrons. The van der Waals surface area contributed by atoms with Crippen LogP contribution < -0.4 is 0 Å². The Kier molecular flexibility index (Phi) is 4.26. The van der Waals surface area contributed by atoms with Crippen LogP contribution >= 0.6 is 11.8 Å². The van der Waals surface area contributed by atoms with Crippen LogP contribution in [0.4, 0.5) is 0 Å². The zero-order chi connectivity index (χ0) is 13.2. The van der Waals surface area contributed by atoms with Crippen LogP contribution in [0.5, 0.6) is 0 Å². The summed E-state index contributed by atoms with van der Waals surface area (Å²) in [7, 11) is 1.43. The summed E-state index contributed by atoms with van der Waals surface area (Å²) in [5, 5.41) is 0. The third-order valence-corrected chi connectivity index (χ3v) is 4.39. The van der Waals surface area contributed by atoms with E-state index in [1.54, 1.807) is 11.8 Å². The molecule has 0 aromatic heterocycles. The largest absolute Gasteiger partial charge is 0.468 e. The highest BCUT2D eigenvalue weighted by Gasteiger charge is 2.30. The molecule has 3 heteroatoms. The van der Waals surface area contributed by atoms with E-state index < -0.39 is 4.75 Å². The van der Waals surface area contributed by atoms with Crippen LogP contribution in [0.1, 0.15) is 30.5 Å². The number of hydrogen-bond acceptors (Lipinski definition) is 3. The smallest absolute Gasteiger partial charge is 0.321 e. The Bertz CT molecular complexity index is 436. The van der Waals surface area contributed by atoms with E-state index in [1.165, 1.54) is 23.8 Å². The molecule has 94 valence electrons. The first-order valence-corrected chi connectivity index (χ1v) is 6.45. The summed E-state index contributed by atoms with van der Waals surface area (Å²) in [6.45, 7) is 10.1. The molecule has 0 heterocycles. The zero-order valence-corrected chi connectivity index (χ0v) is 12.2. The van der Waals surface area contributed by atoms with E-state index in [9.17, 15) is 4.79 Å². The maximum atomic E-state index is 11.7. The number of thioether (sulfide) groups is 1. The van der Waals surface area contributed by atoms with E-state index in [0.717, 1.165) is 4.90 Å². The van der Waals surface area contributed by atoms with E-state index in [2.05, 4.69) is 32.9 Å². The summed E-state index contributed by atoms with van der Waals surface area (Å²) in [5.41, 5.74) is 3.81. The van der Waals surface area contributed by atoms with Crippen molar-refractivity contribution in [3.8, 4) is 0 Å². The van der Waals surface area contributed by atoms with Crippen molar-refractivity contribution in [2.75, 3.05) is 7.11 Å². The number of carbonyl (C=O) groups excluding carboxylic acids is 1. The van der Waals surface area contributed by atoms with Gasteiger partial charge in [0.2, 0.25) is 0 Å². The van der Waals surface area contributed by atoms with Crippen LogP contribution in [0, 0.1) is 20.8 Å². The van der Waals surface area contributed by atoms with Gasteiger partial charge in [0.1, 0.15) is 4.75 Å². The van der Waals surface area contributed by atoms with Gasteiger partial charge >= 0.3 is 5.97 Å². The minimum Gasteiger partial charge on any atom is -0.468 e. The molecule has 0 aliphatic carbocycles. The standard InChI is InChI=1S/C14H20O2S/c1-9-7-8-12(11(3)10(9)2)17-14(4,5)13(15)16-6/h7-8H,1-6H3. The van der Waals surface area contributed by atoms with Crippen LogP contribution in [0.15, 0.2) is 17.0 Å². The summed E-state index contributed by atoms with van der Waals surface area (Å²) in [6, 6.07) is 4.17. The fraction of sp³-hybridized carbons (Fsp3) is 0.500. The molecule has 0 amide bonds. The van der Waals surface area contributed by atoms with Gasteiger partial charge in [-0.3, -0.25) is 4.79 Å². The van der Waals surface area contributed by atoms with E-state index in [0.29, 0.717) is 0 Å². The molecule has 0 bridgehead atoms. The average Bonchev–Trinajstić information content (AvgIpc) is 2.28. The number of esters is 1. The second-order valence-corrected chi connectivity index (χ2v) is 6.40. The molecule has 1 aromatic carbocycles. The van der Waals surface area contributed by atoms with Gasteiger partial charge in [-0.1, -0.05) is 6.07 Å². The van der Waals surface area contributed by atoms with Gasteiger partial charge in [-0.05, 0) is 57.4 Å². The third kappa shape index (κ3) is 3.03. The molecule has 0 N–H and O–H groups in total. The van der Waals surface area contributed by atoms with E-state index in [4.69, 9.17) is 4.74 Å². The van der Waals surface area contributed by atoms with Gasteiger partial charge in [-0.15, -0.1) is 11.8 Å². The number of methoxy groups -OCH3 is 1. The SMILES string of the molecule is COC(=O)C(C)(C)Sc1ccc(C)c(C)c1C. The van der Waals surface area contributed by atoms with Crippen molar-refractivity contribution in [1.29, 1.82) is 0 Å². The lowest BCUT2D eigenvalue weighted by molar-refractivity contribution is -0.142. The second kappa shape index (κ2) is 5.13. The Morgan fingerprint density at radius 3 is 2.29 bits per heavy atom. The highest BCUT2D eigenvalue weighted by atomic mass is 32.2. The monoisotopic (exact) mass is 252 g/mol. The lowest BCUT2D eigenvalue weighted by Gasteiger charge is -2.22. The first kappa shape index (κ1) is 14.1. The van der Waals surface area contributed by atoms with Crippen molar-refractivity contribution in [1.82, 2.24) is 0 Å². The number of benzene rings is 1. The third-order valence-electron chi connectivity index (χ3n) is 3.05. The minimum atomic E-state index is -0.554. The van der Waals surface area contributed by atoms with Crippen LogP contribution in [-0.2, 0) is 9.53 Å². The summed E-state index contributed by atoms with van der Waals surface area (Å²) < 4.78 is 4.27. The fourth-order valence-corrected chi connectivity index (χ4v) is 2.76. The van der Waals surface area contributed by atoms with Gasteiger partial charge in [0.05, 0.1) is 7.11 Å². The first-order chi connectivity index (χ1) is 7.79. The Balaban J connectivity index is 3.04. The maximum Gasteiger partial charge on any atom is 0.321 e. The summed E-state index contributed by atoms with van der Waals surface area (Å²) in [6.07, 6.45) is 0. The lowest BCUT2D eigenvalue weighted by Crippen LogP contribution is -2.29. The Hall–Kier alpha value is -0.960. The molecule has 0 spiro atoms. The van der Waals surface area contributed by atoms with Crippen molar-refractivity contribution in [3.05, 3.63) is 28.8 Å². The summed E-state index contributed by atoms with van der Waals surface area (Å²) in [5.74, 6) is -0.194. The zero-order valence-electron chi connectivity index (χ0n) is 11.4. The molecule has 0 unspecified atom stereocenters. The van der Waals surface area contributed by atoms with E-state index in [1.807, 2.05) is 13.8 Å². The molecule has 0 fully saturated rings. The van der Waals surface area contributed by atoms with E-state index >= 15 is 0 Å². The van der Waals surface area contributed by atoms with Crippen molar-refractivity contribution in [2.45, 2.75) is 44.3 Å². The minimum absolute atomic E-state index is 0.194. The van der Waals surface area contributed by atoms with Crippen molar-refractivity contribution in [3.63, 3.8) is 0 Å². The number of rotatable bonds is 3. The average molecular weight is 252 g/mol. The maximum absolute atomic E-state index is 11.7. The van der Waals surface area contributed by atoms with Gasteiger partial charge in [0, 0.05) is 4.90 Å². The van der Waals surface area contributed by atoms with Gasteiger partial charge in [0.25, 0.3) is 0 Å². The molecule has 0 aliphatic heterocycles. The number of aryl methyl sites for hydroxylation is 1. The van der Waals surface area contributed by atoms with Gasteiger partial charge in [-0.2, -0.15) is 0 Å². The Labute approximate surface area is 108 Å². The first-order valence-electron chi connectivity index (χ1n) is 5.64. The van der Waals surface area contributed by atoms with Crippen molar-refractivity contribution >= 4 is 17.7 Å². The summed E-state index contributed by atoms with van der Waals surface area (Å²) in [4.78, 5) is 12.8. The molecule has 2 nitrogen and oxygen atoms in total. The molecule has 0 aliphatic rings. The molecule has 1 rings (SSSR count). The Morgan fingerprint density at radius 2 is 1.76 bits per heavy atom. The number of hydrogen-bond donors (Lipinski definition) is 0. The molecule has 17 heavy (non-hydrogen) atoms. The fourth-order valence-electron chi connectivity index (χ4n) is 1.60. The topological polar surface area (TPSA) is 26.3 Å². The van der Waals surface area contributed by atoms with E-state index in [-0.39, 0.29) is 5.97 Å². The number of carbonyl (C=O) groups is 1. The lowest BCUT2D eigenvalue weighted by atomic mass is 10.1. The van der Waals surface area contributed by atoms with Crippen molar-refractivity contribution in [2.24, 2.45) is 0 Å². The van der Waals surface area contributed by atoms with Crippen LogP contribution in [0.3, 0.4) is 0 Å². The molecular weight excluding hydrogens is 232 g/mol. The predicted molar refractivity (Wildman–Crippen MR) is 72.6 cm³/mol.